The van der Waals surface area contributed by atoms with Crippen molar-refractivity contribution in [2.24, 2.45) is 11.8 Å². The Morgan fingerprint density at radius 3 is 2.42 bits per heavy atom. The van der Waals surface area contributed by atoms with Gasteiger partial charge in [0.25, 0.3) is 0 Å². The number of piperidine rings is 2. The van der Waals surface area contributed by atoms with Crippen molar-refractivity contribution in [3.8, 4) is 0 Å². The number of carbonyl (C=O) groups excluding carboxylic acids is 1. The number of hydrogen-bond donors (Lipinski definition) is 0. The van der Waals surface area contributed by atoms with E-state index in [-0.39, 0.29) is 11.8 Å². The molecule has 0 aromatic carbocycles. The zero-order chi connectivity index (χ0) is 14.0. The highest BCUT2D eigenvalue weighted by atomic mass is 32.2. The third kappa shape index (κ3) is 3.69. The molecule has 2 atom stereocenters. The lowest BCUT2D eigenvalue weighted by Gasteiger charge is -2.36. The molecule has 0 aromatic rings. The van der Waals surface area contributed by atoms with Crippen LogP contribution in [0.3, 0.4) is 0 Å². The maximum absolute atomic E-state index is 12.5. The number of nitrogens with zero attached hydrogens (tertiary/aromatic N) is 2. The lowest BCUT2D eigenvalue weighted by atomic mass is 9.94. The van der Waals surface area contributed by atoms with Crippen LogP contribution in [0.2, 0.25) is 0 Å². The molecule has 0 radical (unpaired) electrons. The van der Waals surface area contributed by atoms with E-state index in [1.807, 2.05) is 4.90 Å². The summed E-state index contributed by atoms with van der Waals surface area (Å²) in [6, 6.07) is 0. The summed E-state index contributed by atoms with van der Waals surface area (Å²) in [4.78, 5) is 14.4. The molecule has 0 aliphatic carbocycles. The van der Waals surface area contributed by atoms with Gasteiger partial charge >= 0.3 is 0 Å². The number of likely N-dealkylation sites (tertiary alicyclic amines) is 1. The molecule has 0 unspecified atom stereocenters. The van der Waals surface area contributed by atoms with Gasteiger partial charge in [-0.1, -0.05) is 6.92 Å². The second-order valence-corrected chi connectivity index (χ2v) is 7.97. The normalized spacial score (nSPS) is 30.3. The van der Waals surface area contributed by atoms with Crippen molar-refractivity contribution in [2.75, 3.05) is 32.4 Å². The van der Waals surface area contributed by atoms with Gasteiger partial charge in [-0.15, -0.1) is 0 Å². The second kappa shape index (κ2) is 5.79. The molecular formula is C13H24N2O3S. The van der Waals surface area contributed by atoms with Gasteiger partial charge in [-0.3, -0.25) is 4.79 Å². The van der Waals surface area contributed by atoms with Gasteiger partial charge in [-0.25, -0.2) is 12.7 Å². The standard InChI is InChI=1S/C13H24N2O3S/c1-11-5-3-7-14(9-11)13(16)12-6-4-8-15(10-12)19(2,17)18/h11-12H,3-10H2,1-2H3/t11-,12-/m0/s1. The summed E-state index contributed by atoms with van der Waals surface area (Å²) in [6.07, 6.45) is 5.07. The van der Waals surface area contributed by atoms with Crippen molar-refractivity contribution >= 4 is 15.9 Å². The summed E-state index contributed by atoms with van der Waals surface area (Å²) in [5.74, 6) is 0.570. The minimum Gasteiger partial charge on any atom is -0.342 e. The van der Waals surface area contributed by atoms with E-state index >= 15 is 0 Å². The van der Waals surface area contributed by atoms with E-state index in [1.165, 1.54) is 17.0 Å². The van der Waals surface area contributed by atoms with Crippen LogP contribution in [-0.2, 0) is 14.8 Å². The van der Waals surface area contributed by atoms with Crippen molar-refractivity contribution in [2.45, 2.75) is 32.6 Å². The number of amides is 1. The molecule has 2 rings (SSSR count). The molecule has 2 heterocycles. The Morgan fingerprint density at radius 2 is 1.79 bits per heavy atom. The summed E-state index contributed by atoms with van der Waals surface area (Å²) >= 11 is 0. The Morgan fingerprint density at radius 1 is 1.11 bits per heavy atom. The SMILES string of the molecule is C[C@H]1CCCN(C(=O)[C@H]2CCCN(S(C)(=O)=O)C2)C1. The largest absolute Gasteiger partial charge is 0.342 e. The van der Waals surface area contributed by atoms with Crippen LogP contribution in [0.15, 0.2) is 0 Å². The Balaban J connectivity index is 1.99. The monoisotopic (exact) mass is 288 g/mol. The third-order valence-electron chi connectivity index (χ3n) is 4.17. The van der Waals surface area contributed by atoms with Crippen molar-refractivity contribution in [1.29, 1.82) is 0 Å². The van der Waals surface area contributed by atoms with E-state index in [0.29, 0.717) is 19.0 Å². The fourth-order valence-electron chi connectivity index (χ4n) is 3.09. The molecule has 1 amide bonds. The molecule has 0 aromatic heterocycles. The Bertz CT molecular complexity index is 435. The van der Waals surface area contributed by atoms with E-state index < -0.39 is 10.0 Å². The molecule has 0 spiro atoms. The molecule has 6 heteroatoms. The van der Waals surface area contributed by atoms with Crippen LogP contribution < -0.4 is 0 Å². The second-order valence-electron chi connectivity index (χ2n) is 5.99. The van der Waals surface area contributed by atoms with Gasteiger partial charge in [0.05, 0.1) is 12.2 Å². The van der Waals surface area contributed by atoms with Crippen LogP contribution in [0.1, 0.15) is 32.6 Å². The predicted molar refractivity (Wildman–Crippen MR) is 74.1 cm³/mol. The molecule has 2 aliphatic heterocycles. The first-order chi connectivity index (χ1) is 8.88. The first-order valence-corrected chi connectivity index (χ1v) is 8.96. The van der Waals surface area contributed by atoms with Gasteiger partial charge in [-0.2, -0.15) is 0 Å². The summed E-state index contributed by atoms with van der Waals surface area (Å²) in [5.41, 5.74) is 0. The number of hydrogen-bond acceptors (Lipinski definition) is 3. The van der Waals surface area contributed by atoms with Crippen molar-refractivity contribution in [3.63, 3.8) is 0 Å². The maximum atomic E-state index is 12.5. The average Bonchev–Trinajstić information content (AvgIpc) is 2.37. The minimum atomic E-state index is -3.17. The zero-order valence-electron chi connectivity index (χ0n) is 11.8. The highest BCUT2D eigenvalue weighted by molar-refractivity contribution is 7.88. The number of carbonyl (C=O) groups is 1. The summed E-state index contributed by atoms with van der Waals surface area (Å²) < 4.78 is 24.6. The molecule has 0 saturated carbocycles. The van der Waals surface area contributed by atoms with Crippen LogP contribution in [0.5, 0.6) is 0 Å². The molecule has 5 nitrogen and oxygen atoms in total. The molecular weight excluding hydrogens is 264 g/mol. The molecule has 0 bridgehead atoms. The first kappa shape index (κ1) is 14.8. The van der Waals surface area contributed by atoms with Gasteiger partial charge in [0.1, 0.15) is 0 Å². The third-order valence-corrected chi connectivity index (χ3v) is 5.44. The zero-order valence-corrected chi connectivity index (χ0v) is 12.7. The topological polar surface area (TPSA) is 57.7 Å². The predicted octanol–water partition coefficient (Wildman–Crippen LogP) is 0.917. The van der Waals surface area contributed by atoms with Gasteiger partial charge in [0, 0.05) is 26.2 Å². The fraction of sp³-hybridized carbons (Fsp3) is 0.923. The van der Waals surface area contributed by atoms with E-state index in [2.05, 4.69) is 6.92 Å². The lowest BCUT2D eigenvalue weighted by Crippen LogP contribution is -2.48. The van der Waals surface area contributed by atoms with Crippen LogP contribution in [0.4, 0.5) is 0 Å². The van der Waals surface area contributed by atoms with Gasteiger partial charge in [0.2, 0.25) is 15.9 Å². The molecule has 0 N–H and O–H groups in total. The van der Waals surface area contributed by atoms with Crippen LogP contribution >= 0.6 is 0 Å². The lowest BCUT2D eigenvalue weighted by molar-refractivity contribution is -0.138. The summed E-state index contributed by atoms with van der Waals surface area (Å²) in [6.45, 7) is 4.75. The van der Waals surface area contributed by atoms with Gasteiger partial charge in [-0.05, 0) is 31.6 Å². The van der Waals surface area contributed by atoms with Crippen LogP contribution in [0, 0.1) is 11.8 Å². The molecule has 2 saturated heterocycles. The summed E-state index contributed by atoms with van der Waals surface area (Å²) in [7, 11) is -3.17. The smallest absolute Gasteiger partial charge is 0.227 e. The Kier molecular flexibility index (Phi) is 4.50. The van der Waals surface area contributed by atoms with Crippen LogP contribution in [-0.4, -0.2) is 56.0 Å². The van der Waals surface area contributed by atoms with E-state index in [1.54, 1.807) is 0 Å². The highest BCUT2D eigenvalue weighted by Crippen LogP contribution is 2.23. The van der Waals surface area contributed by atoms with Crippen molar-refractivity contribution in [3.05, 3.63) is 0 Å². The van der Waals surface area contributed by atoms with E-state index in [0.717, 1.165) is 32.4 Å². The Labute approximate surface area is 116 Å². The molecule has 110 valence electrons. The molecule has 2 fully saturated rings. The minimum absolute atomic E-state index is 0.145. The van der Waals surface area contributed by atoms with Crippen molar-refractivity contribution < 1.29 is 13.2 Å². The molecule has 2 aliphatic rings. The van der Waals surface area contributed by atoms with Gasteiger partial charge in [0.15, 0.2) is 0 Å². The van der Waals surface area contributed by atoms with Crippen LogP contribution in [0.25, 0.3) is 0 Å². The molecule has 19 heavy (non-hydrogen) atoms. The van der Waals surface area contributed by atoms with Gasteiger partial charge < -0.3 is 4.90 Å². The van der Waals surface area contributed by atoms with E-state index in [4.69, 9.17) is 0 Å². The highest BCUT2D eigenvalue weighted by Gasteiger charge is 2.33. The quantitative estimate of drug-likeness (QED) is 0.759. The Hall–Kier alpha value is -0.620. The summed E-state index contributed by atoms with van der Waals surface area (Å²) in [5, 5.41) is 0. The average molecular weight is 288 g/mol. The first-order valence-electron chi connectivity index (χ1n) is 7.12. The number of sulfonamides is 1. The number of rotatable bonds is 2. The van der Waals surface area contributed by atoms with Crippen molar-refractivity contribution in [1.82, 2.24) is 9.21 Å². The fourth-order valence-corrected chi connectivity index (χ4v) is 4.00. The van der Waals surface area contributed by atoms with E-state index in [9.17, 15) is 13.2 Å². The maximum Gasteiger partial charge on any atom is 0.227 e.